The summed E-state index contributed by atoms with van der Waals surface area (Å²) in [5, 5.41) is 7.44. The van der Waals surface area contributed by atoms with Gasteiger partial charge in [0.1, 0.15) is 5.69 Å². The van der Waals surface area contributed by atoms with Crippen LogP contribution >= 0.6 is 11.3 Å². The van der Waals surface area contributed by atoms with Gasteiger partial charge in [0, 0.05) is 12.2 Å². The van der Waals surface area contributed by atoms with E-state index in [0.717, 1.165) is 39.6 Å². The number of aryl methyl sites for hydroxylation is 2. The number of anilines is 1. The number of benzene rings is 3. The summed E-state index contributed by atoms with van der Waals surface area (Å²) in [6.07, 6.45) is 0.886. The number of thiophene rings is 1. The normalized spacial score (nSPS) is 11.2. The molecule has 0 bridgehead atoms. The third kappa shape index (κ3) is 3.55. The lowest BCUT2D eigenvalue weighted by Gasteiger charge is -2.11. The van der Waals surface area contributed by atoms with Gasteiger partial charge in [0.25, 0.3) is 5.91 Å². The van der Waals surface area contributed by atoms with Crippen molar-refractivity contribution in [3.05, 3.63) is 102 Å². The molecule has 0 atom stereocenters. The molecule has 29 heavy (non-hydrogen) atoms. The molecule has 0 aliphatic rings. The van der Waals surface area contributed by atoms with Gasteiger partial charge in [-0.3, -0.25) is 4.79 Å². The molecule has 0 aliphatic heterocycles. The van der Waals surface area contributed by atoms with Gasteiger partial charge in [-0.15, -0.1) is 11.3 Å². The Labute approximate surface area is 173 Å². The number of carbonyl (C=O) groups excluding carboxylic acids is 1. The van der Waals surface area contributed by atoms with Crippen LogP contribution in [-0.4, -0.2) is 10.5 Å². The molecule has 0 unspecified atom stereocenters. The van der Waals surface area contributed by atoms with Gasteiger partial charge in [-0.2, -0.15) is 0 Å². The minimum absolute atomic E-state index is 0.0725. The molecule has 0 spiro atoms. The fourth-order valence-corrected chi connectivity index (χ4v) is 4.58. The number of hydrogen-bond donors (Lipinski definition) is 1. The highest BCUT2D eigenvalue weighted by Gasteiger charge is 2.17. The lowest BCUT2D eigenvalue weighted by atomic mass is 10.1. The van der Waals surface area contributed by atoms with E-state index >= 15 is 0 Å². The average Bonchev–Trinajstić information content (AvgIpc) is 3.35. The number of carbonyl (C=O) groups is 1. The van der Waals surface area contributed by atoms with Crippen molar-refractivity contribution < 1.29 is 4.79 Å². The Kier molecular flexibility index (Phi) is 4.62. The van der Waals surface area contributed by atoms with Crippen LogP contribution in [0.4, 0.5) is 5.69 Å². The Morgan fingerprint density at radius 2 is 1.66 bits per heavy atom. The number of aromatic nitrogens is 1. The smallest absolute Gasteiger partial charge is 0.272 e. The highest BCUT2D eigenvalue weighted by atomic mass is 32.1. The molecule has 3 nitrogen and oxygen atoms in total. The molecule has 5 rings (SSSR count). The van der Waals surface area contributed by atoms with Gasteiger partial charge >= 0.3 is 0 Å². The van der Waals surface area contributed by atoms with Crippen LogP contribution in [0.1, 0.15) is 16.1 Å². The standard InChI is InChI=1S/C25H20N2OS/c28-25(26-21-11-10-19-8-4-5-9-20(19)16-21)23-17-24-22(13-15-29-24)27(23)14-12-18-6-2-1-3-7-18/h1-11,13,15-17H,12,14H2,(H,26,28). The molecule has 4 heteroatoms. The van der Waals surface area contributed by atoms with Crippen molar-refractivity contribution in [2.45, 2.75) is 13.0 Å². The first-order chi connectivity index (χ1) is 14.3. The highest BCUT2D eigenvalue weighted by molar-refractivity contribution is 7.17. The van der Waals surface area contributed by atoms with Gasteiger partial charge in [0.2, 0.25) is 0 Å². The van der Waals surface area contributed by atoms with E-state index in [0.29, 0.717) is 5.69 Å². The zero-order valence-corrected chi connectivity index (χ0v) is 16.7. The second-order valence-corrected chi connectivity index (χ2v) is 8.05. The Morgan fingerprint density at radius 3 is 2.52 bits per heavy atom. The maximum atomic E-state index is 13.1. The number of rotatable bonds is 5. The number of hydrogen-bond acceptors (Lipinski definition) is 2. The summed E-state index contributed by atoms with van der Waals surface area (Å²) in [6.45, 7) is 0.769. The summed E-state index contributed by atoms with van der Waals surface area (Å²) in [5.74, 6) is -0.0725. The largest absolute Gasteiger partial charge is 0.335 e. The molecule has 1 amide bonds. The number of nitrogens with one attached hydrogen (secondary N) is 1. The molecule has 2 heterocycles. The van der Waals surface area contributed by atoms with Gasteiger partial charge < -0.3 is 9.88 Å². The lowest BCUT2D eigenvalue weighted by Crippen LogP contribution is -2.17. The van der Waals surface area contributed by atoms with Crippen molar-refractivity contribution in [3.8, 4) is 0 Å². The maximum absolute atomic E-state index is 13.1. The molecule has 142 valence electrons. The summed E-state index contributed by atoms with van der Waals surface area (Å²) in [5.41, 5.74) is 3.91. The molecule has 0 saturated carbocycles. The van der Waals surface area contributed by atoms with Crippen LogP contribution in [0.3, 0.4) is 0 Å². The summed E-state index contributed by atoms with van der Waals surface area (Å²) in [7, 11) is 0. The SMILES string of the molecule is O=C(Nc1ccc2ccccc2c1)c1cc2sccc2n1CCc1ccccc1. The van der Waals surface area contributed by atoms with E-state index in [-0.39, 0.29) is 5.91 Å². The Balaban J connectivity index is 1.43. The van der Waals surface area contributed by atoms with E-state index in [1.807, 2.05) is 42.5 Å². The van der Waals surface area contributed by atoms with Gasteiger partial charge in [0.15, 0.2) is 0 Å². The lowest BCUT2D eigenvalue weighted by molar-refractivity contribution is 0.101. The predicted octanol–water partition coefficient (Wildman–Crippen LogP) is 6.35. The second kappa shape index (κ2) is 7.57. The van der Waals surface area contributed by atoms with Crippen LogP contribution in [0.5, 0.6) is 0 Å². The van der Waals surface area contributed by atoms with Crippen LogP contribution in [0.2, 0.25) is 0 Å². The van der Waals surface area contributed by atoms with E-state index in [2.05, 4.69) is 57.7 Å². The Morgan fingerprint density at radius 1 is 0.862 bits per heavy atom. The fraction of sp³-hybridized carbons (Fsp3) is 0.0800. The van der Waals surface area contributed by atoms with Crippen LogP contribution < -0.4 is 5.32 Å². The molecular weight excluding hydrogens is 376 g/mol. The van der Waals surface area contributed by atoms with Crippen LogP contribution in [-0.2, 0) is 13.0 Å². The van der Waals surface area contributed by atoms with Crippen molar-refractivity contribution in [1.82, 2.24) is 4.57 Å². The van der Waals surface area contributed by atoms with E-state index in [9.17, 15) is 4.79 Å². The molecule has 3 aromatic carbocycles. The maximum Gasteiger partial charge on any atom is 0.272 e. The van der Waals surface area contributed by atoms with Crippen LogP contribution in [0.25, 0.3) is 21.0 Å². The third-order valence-electron chi connectivity index (χ3n) is 5.23. The van der Waals surface area contributed by atoms with E-state index < -0.39 is 0 Å². The van der Waals surface area contributed by atoms with E-state index in [1.165, 1.54) is 5.56 Å². The second-order valence-electron chi connectivity index (χ2n) is 7.10. The van der Waals surface area contributed by atoms with Crippen LogP contribution in [0, 0.1) is 0 Å². The number of fused-ring (bicyclic) bond motifs is 2. The first-order valence-electron chi connectivity index (χ1n) is 9.69. The van der Waals surface area contributed by atoms with Gasteiger partial charge in [-0.1, -0.05) is 60.7 Å². The first kappa shape index (κ1) is 17.7. The minimum atomic E-state index is -0.0725. The molecule has 1 N–H and O–H groups in total. The summed E-state index contributed by atoms with van der Waals surface area (Å²) in [4.78, 5) is 13.1. The predicted molar refractivity (Wildman–Crippen MR) is 122 cm³/mol. The van der Waals surface area contributed by atoms with E-state index in [4.69, 9.17) is 0 Å². The third-order valence-corrected chi connectivity index (χ3v) is 6.08. The van der Waals surface area contributed by atoms with Gasteiger partial charge in [0.05, 0.1) is 10.2 Å². The van der Waals surface area contributed by atoms with Crippen molar-refractivity contribution in [2.75, 3.05) is 5.32 Å². The van der Waals surface area contributed by atoms with Crippen LogP contribution in [0.15, 0.2) is 90.3 Å². The number of amides is 1. The first-order valence-corrected chi connectivity index (χ1v) is 10.6. The van der Waals surface area contributed by atoms with E-state index in [1.54, 1.807) is 11.3 Å². The number of nitrogens with zero attached hydrogens (tertiary/aromatic N) is 1. The topological polar surface area (TPSA) is 34.0 Å². The van der Waals surface area contributed by atoms with Gasteiger partial charge in [-0.25, -0.2) is 0 Å². The highest BCUT2D eigenvalue weighted by Crippen LogP contribution is 2.27. The molecule has 0 radical (unpaired) electrons. The van der Waals surface area contributed by atoms with Crippen molar-refractivity contribution in [2.24, 2.45) is 0 Å². The monoisotopic (exact) mass is 396 g/mol. The Hall–Kier alpha value is -3.37. The molecule has 0 fully saturated rings. The molecule has 0 aliphatic carbocycles. The summed E-state index contributed by atoms with van der Waals surface area (Å²) in [6, 6.07) is 28.7. The molecule has 2 aromatic heterocycles. The minimum Gasteiger partial charge on any atom is -0.335 e. The Bertz CT molecular complexity index is 1300. The van der Waals surface area contributed by atoms with Crippen molar-refractivity contribution in [1.29, 1.82) is 0 Å². The molecule has 0 saturated heterocycles. The van der Waals surface area contributed by atoms with Crippen molar-refractivity contribution in [3.63, 3.8) is 0 Å². The molecule has 5 aromatic rings. The quantitative estimate of drug-likeness (QED) is 0.369. The fourth-order valence-electron chi connectivity index (χ4n) is 3.75. The van der Waals surface area contributed by atoms with Crippen molar-refractivity contribution >= 4 is 43.9 Å². The summed E-state index contributed by atoms with van der Waals surface area (Å²) >= 11 is 1.67. The molecular formula is C25H20N2OS. The zero-order valence-electron chi connectivity index (χ0n) is 15.8. The average molecular weight is 397 g/mol. The zero-order chi connectivity index (χ0) is 19.6. The van der Waals surface area contributed by atoms with Gasteiger partial charge in [-0.05, 0) is 52.4 Å². The summed E-state index contributed by atoms with van der Waals surface area (Å²) < 4.78 is 3.27.